The Morgan fingerprint density at radius 3 is 2.21 bits per heavy atom. The molecule has 0 N–H and O–H groups in total. The first-order valence-corrected chi connectivity index (χ1v) is 7.87. The van der Waals surface area contributed by atoms with Gasteiger partial charge in [-0.05, 0) is 11.1 Å². The van der Waals surface area contributed by atoms with Crippen LogP contribution in [-0.4, -0.2) is 11.0 Å². The van der Waals surface area contributed by atoms with Gasteiger partial charge in [-0.2, -0.15) is 0 Å². The molecule has 0 spiro atoms. The van der Waals surface area contributed by atoms with Gasteiger partial charge in [-0.1, -0.05) is 95.4 Å². The predicted octanol–water partition coefficient (Wildman–Crippen LogP) is 4.89. The molecule has 19 heavy (non-hydrogen) atoms. The molecule has 1 atom stereocenters. The number of alkyl halides is 1. The van der Waals surface area contributed by atoms with Crippen LogP contribution in [0.3, 0.4) is 0 Å². The number of hydrogen-bond acceptors (Lipinski definition) is 1. The van der Waals surface area contributed by atoms with Gasteiger partial charge in [-0.15, -0.1) is 0 Å². The van der Waals surface area contributed by atoms with Crippen molar-refractivity contribution in [2.24, 2.45) is 0 Å². The van der Waals surface area contributed by atoms with Crippen molar-refractivity contribution in [3.63, 3.8) is 0 Å². The van der Waals surface area contributed by atoms with Crippen LogP contribution in [0, 0.1) is 0 Å². The summed E-state index contributed by atoms with van der Waals surface area (Å²) in [5, 5.41) is 0. The topological polar surface area (TPSA) is 9.23 Å². The molecule has 0 saturated carbocycles. The van der Waals surface area contributed by atoms with E-state index in [1.54, 1.807) is 0 Å². The van der Waals surface area contributed by atoms with Gasteiger partial charge in [0.25, 0.3) is 0 Å². The smallest absolute Gasteiger partial charge is 0.0918 e. The first-order valence-electron chi connectivity index (χ1n) is 6.34. The molecular formula is C17H17IO. The maximum Gasteiger partial charge on any atom is 0.0918 e. The minimum absolute atomic E-state index is 0.169. The quantitative estimate of drug-likeness (QED) is 0.524. The Labute approximate surface area is 128 Å². The van der Waals surface area contributed by atoms with Gasteiger partial charge < -0.3 is 4.74 Å². The first-order chi connectivity index (χ1) is 9.40. The van der Waals surface area contributed by atoms with Gasteiger partial charge in [-0.25, -0.2) is 0 Å². The van der Waals surface area contributed by atoms with Crippen LogP contribution in [0.4, 0.5) is 0 Å². The second kappa shape index (κ2) is 8.12. The Kier molecular flexibility index (Phi) is 6.11. The molecule has 2 rings (SSSR count). The Hall–Kier alpha value is -1.13. The van der Waals surface area contributed by atoms with Crippen LogP contribution in [0.1, 0.15) is 17.2 Å². The van der Waals surface area contributed by atoms with Crippen LogP contribution in [0.15, 0.2) is 66.7 Å². The van der Waals surface area contributed by atoms with Gasteiger partial charge in [0.2, 0.25) is 0 Å². The number of benzene rings is 2. The Morgan fingerprint density at radius 2 is 1.58 bits per heavy atom. The minimum atomic E-state index is 0.169. The van der Waals surface area contributed by atoms with Crippen LogP contribution in [-0.2, 0) is 4.74 Å². The summed E-state index contributed by atoms with van der Waals surface area (Å²) in [6.45, 7) is 0.636. The molecule has 0 radical (unpaired) electrons. The number of rotatable bonds is 6. The number of ether oxygens (including phenoxy) is 1. The highest BCUT2D eigenvalue weighted by molar-refractivity contribution is 14.1. The average molecular weight is 364 g/mol. The molecule has 1 nitrogen and oxygen atoms in total. The van der Waals surface area contributed by atoms with E-state index in [-0.39, 0.29) is 6.10 Å². The lowest BCUT2D eigenvalue weighted by atomic mass is 10.1. The second-order valence-corrected chi connectivity index (χ2v) is 5.08. The summed E-state index contributed by atoms with van der Waals surface area (Å²) in [7, 11) is 0. The molecule has 0 heterocycles. The zero-order valence-corrected chi connectivity index (χ0v) is 12.9. The Morgan fingerprint density at radius 1 is 0.947 bits per heavy atom. The first kappa shape index (κ1) is 14.3. The van der Waals surface area contributed by atoms with Crippen LogP contribution in [0.5, 0.6) is 0 Å². The SMILES string of the molecule is ICC(OCC=Cc1ccccc1)c1ccccc1. The van der Waals surface area contributed by atoms with E-state index >= 15 is 0 Å². The zero-order chi connectivity index (χ0) is 13.3. The molecule has 0 amide bonds. The number of hydrogen-bond donors (Lipinski definition) is 0. The molecule has 0 fully saturated rings. The van der Waals surface area contributed by atoms with Crippen LogP contribution >= 0.6 is 22.6 Å². The van der Waals surface area contributed by atoms with Gasteiger partial charge in [-0.3, -0.25) is 0 Å². The molecule has 0 aliphatic carbocycles. The third kappa shape index (κ3) is 4.80. The van der Waals surface area contributed by atoms with Crippen molar-refractivity contribution in [1.29, 1.82) is 0 Å². The summed E-state index contributed by atoms with van der Waals surface area (Å²) in [5.74, 6) is 0. The van der Waals surface area contributed by atoms with Gasteiger partial charge in [0.15, 0.2) is 0 Å². The maximum absolute atomic E-state index is 5.90. The fourth-order valence-corrected chi connectivity index (χ4v) is 2.58. The highest BCUT2D eigenvalue weighted by Gasteiger charge is 2.08. The molecule has 0 aliphatic rings. The van der Waals surface area contributed by atoms with Crippen molar-refractivity contribution in [2.45, 2.75) is 6.10 Å². The largest absolute Gasteiger partial charge is 0.369 e. The van der Waals surface area contributed by atoms with Gasteiger partial charge >= 0.3 is 0 Å². The lowest BCUT2D eigenvalue weighted by molar-refractivity contribution is 0.0947. The lowest BCUT2D eigenvalue weighted by Crippen LogP contribution is -2.05. The van der Waals surface area contributed by atoms with Crippen molar-refractivity contribution in [1.82, 2.24) is 0 Å². The second-order valence-electron chi connectivity index (χ2n) is 4.20. The summed E-state index contributed by atoms with van der Waals surface area (Å²) >= 11 is 2.37. The van der Waals surface area contributed by atoms with E-state index in [1.807, 2.05) is 24.3 Å². The van der Waals surface area contributed by atoms with Crippen LogP contribution in [0.25, 0.3) is 6.08 Å². The van der Waals surface area contributed by atoms with E-state index in [4.69, 9.17) is 4.74 Å². The molecule has 2 aromatic rings. The summed E-state index contributed by atoms with van der Waals surface area (Å²) < 4.78 is 6.86. The molecular weight excluding hydrogens is 347 g/mol. The van der Waals surface area contributed by atoms with Crippen LogP contribution in [0.2, 0.25) is 0 Å². The van der Waals surface area contributed by atoms with Crippen molar-refractivity contribution >= 4 is 28.7 Å². The highest BCUT2D eigenvalue weighted by Crippen LogP contribution is 2.19. The third-order valence-electron chi connectivity index (χ3n) is 2.82. The monoisotopic (exact) mass is 364 g/mol. The highest BCUT2D eigenvalue weighted by atomic mass is 127. The Balaban J connectivity index is 1.86. The summed E-state index contributed by atoms with van der Waals surface area (Å²) in [5.41, 5.74) is 2.45. The zero-order valence-electron chi connectivity index (χ0n) is 10.7. The summed E-state index contributed by atoms with van der Waals surface area (Å²) in [4.78, 5) is 0. The van der Waals surface area contributed by atoms with Crippen molar-refractivity contribution in [2.75, 3.05) is 11.0 Å². The van der Waals surface area contributed by atoms with Crippen molar-refractivity contribution in [3.8, 4) is 0 Å². The molecule has 2 heteroatoms. The van der Waals surface area contributed by atoms with E-state index in [2.05, 4.69) is 71.1 Å². The van der Waals surface area contributed by atoms with E-state index in [0.717, 1.165) is 4.43 Å². The Bertz CT molecular complexity index is 493. The van der Waals surface area contributed by atoms with E-state index < -0.39 is 0 Å². The molecule has 2 aromatic carbocycles. The normalized spacial score (nSPS) is 12.7. The van der Waals surface area contributed by atoms with Gasteiger partial charge in [0, 0.05) is 4.43 Å². The number of halogens is 1. The molecule has 0 saturated heterocycles. The molecule has 0 aromatic heterocycles. The average Bonchev–Trinajstić information content (AvgIpc) is 2.49. The summed E-state index contributed by atoms with van der Waals surface area (Å²) in [6.07, 6.45) is 4.33. The van der Waals surface area contributed by atoms with Crippen LogP contribution < -0.4 is 0 Å². The molecule has 0 bridgehead atoms. The fourth-order valence-electron chi connectivity index (χ4n) is 1.82. The van der Waals surface area contributed by atoms with Gasteiger partial charge in [0.05, 0.1) is 12.7 Å². The molecule has 0 aliphatic heterocycles. The van der Waals surface area contributed by atoms with Gasteiger partial charge in [0.1, 0.15) is 0 Å². The fraction of sp³-hybridized carbons (Fsp3) is 0.176. The van der Waals surface area contributed by atoms with E-state index in [9.17, 15) is 0 Å². The summed E-state index contributed by atoms with van der Waals surface area (Å²) in [6, 6.07) is 20.6. The van der Waals surface area contributed by atoms with Crippen molar-refractivity contribution in [3.05, 3.63) is 77.9 Å². The molecule has 98 valence electrons. The minimum Gasteiger partial charge on any atom is -0.369 e. The third-order valence-corrected chi connectivity index (χ3v) is 3.61. The molecule has 1 unspecified atom stereocenters. The van der Waals surface area contributed by atoms with E-state index in [1.165, 1.54) is 11.1 Å². The lowest BCUT2D eigenvalue weighted by Gasteiger charge is -2.14. The predicted molar refractivity (Wildman–Crippen MR) is 89.5 cm³/mol. The standard InChI is InChI=1S/C17H17IO/c18-14-17(16-11-5-2-6-12-16)19-13-7-10-15-8-3-1-4-9-15/h1-12,17H,13-14H2. The maximum atomic E-state index is 5.90. The van der Waals surface area contributed by atoms with Crippen molar-refractivity contribution < 1.29 is 4.74 Å². The van der Waals surface area contributed by atoms with E-state index in [0.29, 0.717) is 6.61 Å².